The van der Waals surface area contributed by atoms with Crippen molar-refractivity contribution in [2.45, 2.75) is 50.4 Å². The molecule has 0 radical (unpaired) electrons. The third-order valence-corrected chi connectivity index (χ3v) is 6.23. The predicted molar refractivity (Wildman–Crippen MR) is 107 cm³/mol. The largest absolute Gasteiger partial charge is 0.486 e. The molecule has 138 valence electrons. The first-order chi connectivity index (χ1) is 12.7. The number of fused-ring (bicyclic) bond motifs is 1. The van der Waals surface area contributed by atoms with Gasteiger partial charge in [-0.15, -0.1) is 0 Å². The maximum atomic E-state index is 6.67. The Hall–Kier alpha value is -1.55. The lowest BCUT2D eigenvalue weighted by molar-refractivity contribution is -0.00320. The fourth-order valence-electron chi connectivity index (χ4n) is 4.38. The van der Waals surface area contributed by atoms with Gasteiger partial charge in [-0.2, -0.15) is 0 Å². The molecule has 0 amide bonds. The second kappa shape index (κ2) is 7.59. The van der Waals surface area contributed by atoms with E-state index in [-0.39, 0.29) is 5.60 Å². The van der Waals surface area contributed by atoms with Crippen LogP contribution in [0.5, 0.6) is 5.75 Å². The summed E-state index contributed by atoms with van der Waals surface area (Å²) in [5, 5.41) is 4.28. The number of halogens is 1. The summed E-state index contributed by atoms with van der Waals surface area (Å²) in [5.74, 6) is 1.05. The highest BCUT2D eigenvalue weighted by Crippen LogP contribution is 2.38. The van der Waals surface area contributed by atoms with E-state index in [1.807, 2.05) is 12.1 Å². The lowest BCUT2D eigenvalue weighted by Gasteiger charge is -2.41. The van der Waals surface area contributed by atoms with E-state index in [2.05, 4.69) is 53.7 Å². The molecular formula is C22H27ClN2O. The van der Waals surface area contributed by atoms with Gasteiger partial charge in [0.2, 0.25) is 0 Å². The Morgan fingerprint density at radius 2 is 1.85 bits per heavy atom. The quantitative estimate of drug-likeness (QED) is 0.852. The van der Waals surface area contributed by atoms with Gasteiger partial charge in [0.05, 0.1) is 0 Å². The summed E-state index contributed by atoms with van der Waals surface area (Å²) in [4.78, 5) is 2.51. The fraction of sp³-hybridized carbons (Fsp3) is 0.455. The van der Waals surface area contributed by atoms with Crippen molar-refractivity contribution in [3.63, 3.8) is 0 Å². The van der Waals surface area contributed by atoms with Crippen LogP contribution in [0.4, 0.5) is 0 Å². The average molecular weight is 371 g/mol. The van der Waals surface area contributed by atoms with Crippen LogP contribution >= 0.6 is 11.6 Å². The molecule has 1 N–H and O–H groups in total. The number of nitrogens with one attached hydrogen (secondary N) is 1. The molecule has 1 saturated carbocycles. The molecular weight excluding hydrogens is 344 g/mol. The molecule has 2 aromatic rings. The van der Waals surface area contributed by atoms with Crippen LogP contribution in [0.15, 0.2) is 48.5 Å². The van der Waals surface area contributed by atoms with Gasteiger partial charge < -0.3 is 10.1 Å². The number of nitrogens with zero attached hydrogens (tertiary/aromatic N) is 1. The lowest BCUT2D eigenvalue weighted by atomic mass is 9.81. The second-order valence-electron chi connectivity index (χ2n) is 7.69. The molecule has 1 aliphatic heterocycles. The molecule has 0 atom stereocenters. The normalized spacial score (nSPS) is 26.2. The zero-order chi connectivity index (χ0) is 18.0. The molecule has 4 rings (SSSR count). The Labute approximate surface area is 161 Å². The molecule has 4 heteroatoms. The summed E-state index contributed by atoms with van der Waals surface area (Å²) < 4.78 is 6.67. The van der Waals surface area contributed by atoms with Crippen LogP contribution < -0.4 is 10.1 Å². The Morgan fingerprint density at radius 1 is 1.12 bits per heavy atom. The second-order valence-corrected chi connectivity index (χ2v) is 8.10. The van der Waals surface area contributed by atoms with E-state index in [1.54, 1.807) is 0 Å². The number of benzene rings is 2. The summed E-state index contributed by atoms with van der Waals surface area (Å²) in [6.07, 6.45) is 4.51. The highest BCUT2D eigenvalue weighted by atomic mass is 35.5. The first kappa shape index (κ1) is 17.8. The van der Waals surface area contributed by atoms with Gasteiger partial charge >= 0.3 is 0 Å². The fourth-order valence-corrected chi connectivity index (χ4v) is 4.57. The van der Waals surface area contributed by atoms with Crippen LogP contribution in [0.2, 0.25) is 5.02 Å². The maximum Gasteiger partial charge on any atom is 0.124 e. The number of ether oxygens (including phenoxy) is 1. The first-order valence-electron chi connectivity index (χ1n) is 9.57. The van der Waals surface area contributed by atoms with E-state index in [0.29, 0.717) is 6.04 Å². The van der Waals surface area contributed by atoms with Crippen molar-refractivity contribution >= 4 is 11.6 Å². The third kappa shape index (κ3) is 3.75. The van der Waals surface area contributed by atoms with Gasteiger partial charge in [0, 0.05) is 36.3 Å². The molecule has 0 aromatic heterocycles. The minimum absolute atomic E-state index is 0.0960. The van der Waals surface area contributed by atoms with Crippen LogP contribution in [0.25, 0.3) is 0 Å². The molecule has 1 spiro atoms. The van der Waals surface area contributed by atoms with Crippen molar-refractivity contribution in [2.75, 3.05) is 13.6 Å². The topological polar surface area (TPSA) is 24.5 Å². The van der Waals surface area contributed by atoms with Crippen molar-refractivity contribution in [1.29, 1.82) is 0 Å². The molecule has 1 fully saturated rings. The summed E-state index contributed by atoms with van der Waals surface area (Å²) in [6.45, 7) is 2.70. The van der Waals surface area contributed by atoms with E-state index in [9.17, 15) is 0 Å². The summed E-state index contributed by atoms with van der Waals surface area (Å²) in [5.41, 5.74) is 2.36. The van der Waals surface area contributed by atoms with E-state index in [1.165, 1.54) is 24.0 Å². The number of hydrogen-bond donors (Lipinski definition) is 1. The van der Waals surface area contributed by atoms with Crippen LogP contribution in [-0.4, -0.2) is 30.1 Å². The summed E-state index contributed by atoms with van der Waals surface area (Å²) in [7, 11) is 2.07. The van der Waals surface area contributed by atoms with Gasteiger partial charge in [-0.1, -0.05) is 48.0 Å². The molecule has 0 saturated heterocycles. The van der Waals surface area contributed by atoms with Crippen molar-refractivity contribution in [1.82, 2.24) is 10.2 Å². The smallest absolute Gasteiger partial charge is 0.124 e. The number of para-hydroxylation sites is 1. The average Bonchev–Trinajstić information content (AvgIpc) is 2.80. The van der Waals surface area contributed by atoms with E-state index in [4.69, 9.17) is 16.3 Å². The molecule has 0 bridgehead atoms. The van der Waals surface area contributed by atoms with Gasteiger partial charge in [0.25, 0.3) is 0 Å². The molecule has 2 aliphatic rings. The van der Waals surface area contributed by atoms with Crippen LogP contribution in [0, 0.1) is 0 Å². The highest BCUT2D eigenvalue weighted by molar-refractivity contribution is 6.31. The van der Waals surface area contributed by atoms with Gasteiger partial charge in [-0.05, 0) is 50.4 Å². The molecule has 3 nitrogen and oxygen atoms in total. The van der Waals surface area contributed by atoms with Crippen molar-refractivity contribution < 1.29 is 4.74 Å². The SMILES string of the molecule is CNC1CCC2(CC1)CN(Cc1ccccc1Cl)Cc1ccccc1O2. The molecule has 1 heterocycles. The summed E-state index contributed by atoms with van der Waals surface area (Å²) >= 11 is 6.43. The van der Waals surface area contributed by atoms with Gasteiger partial charge in [0.1, 0.15) is 11.4 Å². The van der Waals surface area contributed by atoms with E-state index >= 15 is 0 Å². The Bertz CT molecular complexity index is 755. The monoisotopic (exact) mass is 370 g/mol. The third-order valence-electron chi connectivity index (χ3n) is 5.86. The van der Waals surface area contributed by atoms with E-state index in [0.717, 1.165) is 43.2 Å². The minimum Gasteiger partial charge on any atom is -0.486 e. The highest BCUT2D eigenvalue weighted by Gasteiger charge is 2.40. The lowest BCUT2D eigenvalue weighted by Crippen LogP contribution is -2.50. The summed E-state index contributed by atoms with van der Waals surface area (Å²) in [6, 6.07) is 17.3. The molecule has 2 aromatic carbocycles. The van der Waals surface area contributed by atoms with Crippen molar-refractivity contribution in [2.24, 2.45) is 0 Å². The first-order valence-corrected chi connectivity index (χ1v) is 9.95. The Kier molecular flexibility index (Phi) is 5.21. The molecule has 26 heavy (non-hydrogen) atoms. The van der Waals surface area contributed by atoms with Crippen LogP contribution in [0.3, 0.4) is 0 Å². The minimum atomic E-state index is -0.0960. The zero-order valence-corrected chi connectivity index (χ0v) is 16.1. The molecule has 1 aliphatic carbocycles. The number of hydrogen-bond acceptors (Lipinski definition) is 3. The van der Waals surface area contributed by atoms with Crippen LogP contribution in [0.1, 0.15) is 36.8 Å². The van der Waals surface area contributed by atoms with Crippen LogP contribution in [-0.2, 0) is 13.1 Å². The Morgan fingerprint density at radius 3 is 2.62 bits per heavy atom. The maximum absolute atomic E-state index is 6.67. The van der Waals surface area contributed by atoms with Crippen molar-refractivity contribution in [3.05, 3.63) is 64.7 Å². The Balaban J connectivity index is 1.61. The van der Waals surface area contributed by atoms with Gasteiger partial charge in [-0.25, -0.2) is 0 Å². The van der Waals surface area contributed by atoms with Crippen molar-refractivity contribution in [3.8, 4) is 5.75 Å². The molecule has 0 unspecified atom stereocenters. The number of rotatable bonds is 3. The zero-order valence-electron chi connectivity index (χ0n) is 15.4. The standard InChI is InChI=1S/C22H27ClN2O/c1-24-19-10-12-22(13-11-19)16-25(14-17-6-2-4-8-20(17)23)15-18-7-3-5-9-21(18)26-22/h2-9,19,24H,10-16H2,1H3. The van der Waals surface area contributed by atoms with Gasteiger partial charge in [0.15, 0.2) is 0 Å². The van der Waals surface area contributed by atoms with E-state index < -0.39 is 0 Å². The predicted octanol–water partition coefficient (Wildman–Crippen LogP) is 4.64. The van der Waals surface area contributed by atoms with Gasteiger partial charge in [-0.3, -0.25) is 4.90 Å².